The average molecular weight is 511 g/mol. The van der Waals surface area contributed by atoms with Gasteiger partial charge in [-0.25, -0.2) is 18.1 Å². The number of fused-ring (bicyclic) bond motifs is 2. The van der Waals surface area contributed by atoms with Crippen LogP contribution in [-0.4, -0.2) is 108 Å². The van der Waals surface area contributed by atoms with Crippen molar-refractivity contribution in [3.05, 3.63) is 36.7 Å². The van der Waals surface area contributed by atoms with Gasteiger partial charge in [0.2, 0.25) is 16.0 Å². The number of ether oxygens (including phenoxy) is 1. The summed E-state index contributed by atoms with van der Waals surface area (Å²) in [5.41, 5.74) is 3.75. The van der Waals surface area contributed by atoms with Gasteiger partial charge in [0, 0.05) is 63.1 Å². The third-order valence-corrected chi connectivity index (χ3v) is 8.34. The second-order valence-electron chi connectivity index (χ2n) is 9.36. The van der Waals surface area contributed by atoms with Gasteiger partial charge in [-0.15, -0.1) is 0 Å². The monoisotopic (exact) mass is 510 g/mol. The topological polar surface area (TPSA) is 112 Å². The number of sulfonamides is 1. The van der Waals surface area contributed by atoms with Crippen LogP contribution in [0.25, 0.3) is 33.2 Å². The molecule has 0 amide bonds. The number of benzene rings is 1. The molecule has 0 spiro atoms. The van der Waals surface area contributed by atoms with E-state index >= 15 is 0 Å². The Bertz CT molecular complexity index is 1480. The Balaban J connectivity index is 1.31. The van der Waals surface area contributed by atoms with Gasteiger partial charge in [-0.1, -0.05) is 12.1 Å². The van der Waals surface area contributed by atoms with Crippen molar-refractivity contribution in [1.29, 1.82) is 0 Å². The van der Waals surface area contributed by atoms with E-state index in [9.17, 15) is 8.42 Å². The van der Waals surface area contributed by atoms with Crippen LogP contribution in [0.2, 0.25) is 0 Å². The molecule has 5 heterocycles. The highest BCUT2D eigenvalue weighted by atomic mass is 32.2. The minimum atomic E-state index is -3.14. The molecule has 0 atom stereocenters. The van der Waals surface area contributed by atoms with Crippen LogP contribution in [0.4, 0.5) is 5.95 Å². The van der Waals surface area contributed by atoms with Crippen molar-refractivity contribution < 1.29 is 13.2 Å². The Morgan fingerprint density at radius 3 is 2.58 bits per heavy atom. The number of nitrogens with one attached hydrogen (secondary N) is 1. The molecular weight excluding hydrogens is 480 g/mol. The Kier molecular flexibility index (Phi) is 6.12. The first-order valence-electron chi connectivity index (χ1n) is 12.3. The number of piperazine rings is 1. The predicted octanol–water partition coefficient (Wildman–Crippen LogP) is 1.39. The van der Waals surface area contributed by atoms with Crippen LogP contribution in [-0.2, 0) is 21.3 Å². The van der Waals surface area contributed by atoms with E-state index in [0.717, 1.165) is 52.8 Å². The van der Waals surface area contributed by atoms with Crippen LogP contribution >= 0.6 is 0 Å². The van der Waals surface area contributed by atoms with Crippen LogP contribution in [0.3, 0.4) is 0 Å². The van der Waals surface area contributed by atoms with Crippen LogP contribution in [0.1, 0.15) is 0 Å². The lowest BCUT2D eigenvalue weighted by molar-refractivity contribution is 0.122. The molecule has 2 saturated heterocycles. The molecule has 0 bridgehead atoms. The van der Waals surface area contributed by atoms with Crippen molar-refractivity contribution in [2.24, 2.45) is 0 Å². The molecule has 0 unspecified atom stereocenters. The summed E-state index contributed by atoms with van der Waals surface area (Å²) in [6, 6.07) is 8.38. The van der Waals surface area contributed by atoms with Crippen LogP contribution < -0.4 is 4.90 Å². The number of anilines is 1. The largest absolute Gasteiger partial charge is 0.378 e. The maximum absolute atomic E-state index is 11.8. The number of morpholine rings is 1. The Morgan fingerprint density at radius 2 is 1.81 bits per heavy atom. The summed E-state index contributed by atoms with van der Waals surface area (Å²) in [7, 11) is -3.14. The minimum absolute atomic E-state index is 0.521. The Labute approximate surface area is 209 Å². The highest BCUT2D eigenvalue weighted by Gasteiger charge is 2.24. The fourth-order valence-electron chi connectivity index (χ4n) is 4.95. The zero-order valence-electron chi connectivity index (χ0n) is 20.3. The van der Waals surface area contributed by atoms with E-state index in [2.05, 4.69) is 44.1 Å². The van der Waals surface area contributed by atoms with Crippen molar-refractivity contribution in [3.8, 4) is 11.3 Å². The number of hydrogen-bond acceptors (Lipinski definition) is 8. The van der Waals surface area contributed by atoms with E-state index in [0.29, 0.717) is 51.9 Å². The molecule has 0 radical (unpaired) electrons. The maximum Gasteiger partial charge on any atom is 0.228 e. The van der Waals surface area contributed by atoms with Crippen LogP contribution in [0.15, 0.2) is 36.7 Å². The predicted molar refractivity (Wildman–Crippen MR) is 139 cm³/mol. The van der Waals surface area contributed by atoms with E-state index in [1.54, 1.807) is 4.31 Å². The third kappa shape index (κ3) is 4.57. The molecule has 4 aromatic rings. The number of rotatable bonds is 6. The Morgan fingerprint density at radius 1 is 1.00 bits per heavy atom. The molecular formula is C24H30N8O3S. The second-order valence-corrected chi connectivity index (χ2v) is 11.3. The Hall–Kier alpha value is -3.06. The number of hydrogen-bond donors (Lipinski definition) is 1. The van der Waals surface area contributed by atoms with Gasteiger partial charge < -0.3 is 14.6 Å². The molecule has 1 N–H and O–H groups in total. The maximum atomic E-state index is 11.8. The summed E-state index contributed by atoms with van der Waals surface area (Å²) < 4.78 is 32.7. The van der Waals surface area contributed by atoms with Gasteiger partial charge in [-0.3, -0.25) is 4.90 Å². The molecule has 190 valence electrons. The third-order valence-electron chi connectivity index (χ3n) is 7.04. The van der Waals surface area contributed by atoms with Gasteiger partial charge in [0.05, 0.1) is 43.3 Å². The van der Waals surface area contributed by atoms with Crippen molar-refractivity contribution in [1.82, 2.24) is 33.9 Å². The molecule has 1 aromatic carbocycles. The number of H-pyrrole nitrogens is 1. The van der Waals surface area contributed by atoms with Crippen molar-refractivity contribution >= 4 is 37.9 Å². The summed E-state index contributed by atoms with van der Waals surface area (Å²) in [6.07, 6.45) is 5.07. The fourth-order valence-corrected chi connectivity index (χ4v) is 5.77. The van der Waals surface area contributed by atoms with Crippen LogP contribution in [0.5, 0.6) is 0 Å². The lowest BCUT2D eigenvalue weighted by Crippen LogP contribution is -2.48. The molecule has 36 heavy (non-hydrogen) atoms. The summed E-state index contributed by atoms with van der Waals surface area (Å²) in [5, 5.41) is 6.76. The molecule has 12 heteroatoms. The van der Waals surface area contributed by atoms with Gasteiger partial charge in [-0.2, -0.15) is 14.4 Å². The molecule has 3 aromatic heterocycles. The summed E-state index contributed by atoms with van der Waals surface area (Å²) in [5.74, 6) is 0.691. The highest BCUT2D eigenvalue weighted by Crippen LogP contribution is 2.30. The number of aromatic nitrogens is 5. The molecule has 6 rings (SSSR count). The quantitative estimate of drug-likeness (QED) is 0.414. The zero-order chi connectivity index (χ0) is 24.7. The minimum Gasteiger partial charge on any atom is -0.378 e. The molecule has 0 aliphatic carbocycles. The smallest absolute Gasteiger partial charge is 0.228 e. The van der Waals surface area contributed by atoms with Crippen molar-refractivity contribution in [2.75, 3.05) is 70.2 Å². The summed E-state index contributed by atoms with van der Waals surface area (Å²) in [4.78, 5) is 17.7. The molecule has 2 fully saturated rings. The van der Waals surface area contributed by atoms with Gasteiger partial charge in [0.1, 0.15) is 0 Å². The number of nitrogens with zero attached hydrogens (tertiary/aromatic N) is 7. The molecule has 2 aliphatic rings. The van der Waals surface area contributed by atoms with E-state index < -0.39 is 10.0 Å². The SMILES string of the molecule is CS(=O)(=O)N1CCN(CCn2ncc3c(-c4ccc5cc[nH]c5c4)nc(N4CCOCC4)nc32)CC1. The summed E-state index contributed by atoms with van der Waals surface area (Å²) in [6.45, 7) is 6.71. The first kappa shape index (κ1) is 23.3. The normalized spacial score (nSPS) is 18.4. The van der Waals surface area contributed by atoms with Gasteiger partial charge >= 0.3 is 0 Å². The lowest BCUT2D eigenvalue weighted by atomic mass is 10.1. The summed E-state index contributed by atoms with van der Waals surface area (Å²) >= 11 is 0. The zero-order valence-corrected chi connectivity index (χ0v) is 21.1. The second kappa shape index (κ2) is 9.43. The van der Waals surface area contributed by atoms with E-state index in [-0.39, 0.29) is 0 Å². The molecule has 11 nitrogen and oxygen atoms in total. The molecule has 0 saturated carbocycles. The van der Waals surface area contributed by atoms with E-state index in [1.165, 1.54) is 6.26 Å². The first-order chi connectivity index (χ1) is 17.5. The first-order valence-corrected chi connectivity index (χ1v) is 14.1. The van der Waals surface area contributed by atoms with Crippen molar-refractivity contribution in [3.63, 3.8) is 0 Å². The van der Waals surface area contributed by atoms with Crippen LogP contribution in [0, 0.1) is 0 Å². The highest BCUT2D eigenvalue weighted by molar-refractivity contribution is 7.88. The molecule has 2 aliphatic heterocycles. The average Bonchev–Trinajstić information content (AvgIpc) is 3.53. The lowest BCUT2D eigenvalue weighted by Gasteiger charge is -2.33. The van der Waals surface area contributed by atoms with Gasteiger partial charge in [0.25, 0.3) is 0 Å². The van der Waals surface area contributed by atoms with Crippen molar-refractivity contribution in [2.45, 2.75) is 6.54 Å². The fraction of sp³-hybridized carbons (Fsp3) is 0.458. The van der Waals surface area contributed by atoms with Gasteiger partial charge in [0.15, 0.2) is 5.65 Å². The van der Waals surface area contributed by atoms with E-state index in [4.69, 9.17) is 14.7 Å². The van der Waals surface area contributed by atoms with E-state index in [1.807, 2.05) is 17.1 Å². The van der Waals surface area contributed by atoms with Gasteiger partial charge in [-0.05, 0) is 17.5 Å². The standard InChI is InChI=1S/C24H30N8O3S/c1-36(33,34)31-9-6-29(7-10-31)8-11-32-23-20(17-26-32)22(19-3-2-18-4-5-25-21(18)16-19)27-24(28-23)30-12-14-35-15-13-30/h2-5,16-17,25H,6-15H2,1H3. The number of aromatic amines is 1.